The van der Waals surface area contributed by atoms with Gasteiger partial charge in [0.15, 0.2) is 0 Å². The van der Waals surface area contributed by atoms with Gasteiger partial charge in [-0.1, -0.05) is 15.9 Å². The van der Waals surface area contributed by atoms with E-state index in [4.69, 9.17) is 5.73 Å². The summed E-state index contributed by atoms with van der Waals surface area (Å²) in [5, 5.41) is 0. The lowest BCUT2D eigenvalue weighted by Crippen LogP contribution is -2.14. The van der Waals surface area contributed by atoms with Crippen LogP contribution in [-0.4, -0.2) is 0 Å². The highest BCUT2D eigenvalue weighted by atomic mass is 79.9. The Kier molecular flexibility index (Phi) is 2.62. The average Bonchev–Trinajstić information content (AvgIpc) is 2.93. The van der Waals surface area contributed by atoms with E-state index in [-0.39, 0.29) is 11.9 Å². The molecule has 0 aromatic heterocycles. The van der Waals surface area contributed by atoms with Crippen LogP contribution < -0.4 is 5.73 Å². The van der Waals surface area contributed by atoms with Crippen molar-refractivity contribution in [1.82, 2.24) is 0 Å². The number of hydrogen-bond donors (Lipinski definition) is 1. The van der Waals surface area contributed by atoms with Gasteiger partial charge in [0.25, 0.3) is 0 Å². The molecular formula is C11H13BrFN. The highest BCUT2D eigenvalue weighted by molar-refractivity contribution is 9.10. The van der Waals surface area contributed by atoms with Crippen molar-refractivity contribution in [2.24, 2.45) is 11.7 Å². The van der Waals surface area contributed by atoms with Crippen molar-refractivity contribution >= 4 is 15.9 Å². The molecule has 1 nitrogen and oxygen atoms in total. The maximum Gasteiger partial charge on any atom is 0.130 e. The van der Waals surface area contributed by atoms with Crippen LogP contribution in [0.2, 0.25) is 0 Å². The zero-order valence-electron chi connectivity index (χ0n) is 8.06. The largest absolute Gasteiger partial charge is 0.324 e. The second kappa shape index (κ2) is 3.63. The van der Waals surface area contributed by atoms with E-state index in [1.807, 2.05) is 0 Å². The molecule has 0 amide bonds. The van der Waals surface area contributed by atoms with E-state index >= 15 is 0 Å². The molecule has 1 aliphatic carbocycles. The van der Waals surface area contributed by atoms with Crippen molar-refractivity contribution in [2.75, 3.05) is 0 Å². The first-order valence-corrected chi connectivity index (χ1v) is 5.60. The zero-order valence-corrected chi connectivity index (χ0v) is 9.64. The number of aryl methyl sites for hydroxylation is 1. The Morgan fingerprint density at radius 2 is 2.14 bits per heavy atom. The van der Waals surface area contributed by atoms with E-state index in [1.165, 1.54) is 0 Å². The van der Waals surface area contributed by atoms with Gasteiger partial charge in [-0.2, -0.15) is 0 Å². The van der Waals surface area contributed by atoms with Crippen LogP contribution >= 0.6 is 15.9 Å². The standard InChI is InChI=1S/C11H13BrFN/c1-6-4-8(12)5-9(10(6)13)11(14)7-2-3-7/h4-5,7,11H,2-3,14H2,1H3/t11-/m0/s1. The summed E-state index contributed by atoms with van der Waals surface area (Å²) in [6.07, 6.45) is 2.26. The van der Waals surface area contributed by atoms with Crippen LogP contribution in [-0.2, 0) is 0 Å². The fourth-order valence-corrected chi connectivity index (χ4v) is 2.29. The zero-order chi connectivity index (χ0) is 10.3. The fraction of sp³-hybridized carbons (Fsp3) is 0.455. The van der Waals surface area contributed by atoms with Crippen molar-refractivity contribution in [2.45, 2.75) is 25.8 Å². The molecule has 1 fully saturated rings. The van der Waals surface area contributed by atoms with Crippen LogP contribution in [0.4, 0.5) is 4.39 Å². The minimum atomic E-state index is -0.146. The minimum absolute atomic E-state index is 0.133. The Morgan fingerprint density at radius 1 is 1.50 bits per heavy atom. The third-order valence-corrected chi connectivity index (χ3v) is 3.19. The molecule has 0 aliphatic heterocycles. The summed E-state index contributed by atoms with van der Waals surface area (Å²) in [7, 11) is 0. The summed E-state index contributed by atoms with van der Waals surface area (Å²) >= 11 is 3.36. The molecule has 1 aliphatic rings. The molecule has 1 saturated carbocycles. The Morgan fingerprint density at radius 3 is 2.71 bits per heavy atom. The molecule has 1 atom stereocenters. The van der Waals surface area contributed by atoms with Crippen molar-refractivity contribution in [1.29, 1.82) is 0 Å². The highest BCUT2D eigenvalue weighted by Crippen LogP contribution is 2.41. The number of rotatable bonds is 2. The summed E-state index contributed by atoms with van der Waals surface area (Å²) in [6, 6.07) is 3.44. The van der Waals surface area contributed by atoms with E-state index in [2.05, 4.69) is 15.9 Å². The maximum atomic E-state index is 13.7. The maximum absolute atomic E-state index is 13.7. The van der Waals surface area contributed by atoms with E-state index in [9.17, 15) is 4.39 Å². The third kappa shape index (κ3) is 1.84. The Bertz CT molecular complexity index is 361. The van der Waals surface area contributed by atoms with Gasteiger partial charge in [-0.3, -0.25) is 0 Å². The molecule has 1 aromatic carbocycles. The lowest BCUT2D eigenvalue weighted by atomic mass is 10.0. The summed E-state index contributed by atoms with van der Waals surface area (Å²) in [4.78, 5) is 0. The van der Waals surface area contributed by atoms with E-state index in [0.717, 1.165) is 17.3 Å². The van der Waals surface area contributed by atoms with Crippen LogP contribution in [0.3, 0.4) is 0 Å². The van der Waals surface area contributed by atoms with Gasteiger partial charge >= 0.3 is 0 Å². The van der Waals surface area contributed by atoms with Gasteiger partial charge in [0.2, 0.25) is 0 Å². The van der Waals surface area contributed by atoms with Crippen LogP contribution in [0.15, 0.2) is 16.6 Å². The second-order valence-electron chi connectivity index (χ2n) is 3.99. The van der Waals surface area contributed by atoms with Gasteiger partial charge < -0.3 is 5.73 Å². The fourth-order valence-electron chi connectivity index (χ4n) is 1.70. The van der Waals surface area contributed by atoms with Crippen LogP contribution in [0.1, 0.15) is 30.0 Å². The van der Waals surface area contributed by atoms with Crippen LogP contribution in [0.5, 0.6) is 0 Å². The molecule has 76 valence electrons. The first-order chi connectivity index (χ1) is 6.59. The van der Waals surface area contributed by atoms with Gasteiger partial charge in [-0.15, -0.1) is 0 Å². The average molecular weight is 258 g/mol. The predicted molar refractivity (Wildman–Crippen MR) is 58.5 cm³/mol. The van der Waals surface area contributed by atoms with Gasteiger partial charge in [0.1, 0.15) is 5.82 Å². The number of benzene rings is 1. The Balaban J connectivity index is 2.39. The summed E-state index contributed by atoms with van der Waals surface area (Å²) in [6.45, 7) is 1.77. The predicted octanol–water partition coefficient (Wildman–Crippen LogP) is 3.31. The SMILES string of the molecule is Cc1cc(Br)cc([C@@H](N)C2CC2)c1F. The topological polar surface area (TPSA) is 26.0 Å². The normalized spacial score (nSPS) is 18.3. The Labute approximate surface area is 91.6 Å². The molecule has 1 aromatic rings. The van der Waals surface area contributed by atoms with Gasteiger partial charge in [-0.25, -0.2) is 4.39 Å². The molecule has 0 spiro atoms. The number of halogens is 2. The van der Waals surface area contributed by atoms with Gasteiger partial charge in [0.05, 0.1) is 0 Å². The monoisotopic (exact) mass is 257 g/mol. The molecule has 14 heavy (non-hydrogen) atoms. The van der Waals surface area contributed by atoms with E-state index in [1.54, 1.807) is 19.1 Å². The quantitative estimate of drug-likeness (QED) is 0.865. The summed E-state index contributed by atoms with van der Waals surface area (Å²) in [5.41, 5.74) is 7.29. The molecule has 0 saturated heterocycles. The smallest absolute Gasteiger partial charge is 0.130 e. The Hall–Kier alpha value is -0.410. The van der Waals surface area contributed by atoms with E-state index in [0.29, 0.717) is 17.0 Å². The number of nitrogens with two attached hydrogens (primary N) is 1. The van der Waals surface area contributed by atoms with Gasteiger partial charge in [-0.05, 0) is 43.4 Å². The highest BCUT2D eigenvalue weighted by Gasteiger charge is 2.31. The third-order valence-electron chi connectivity index (χ3n) is 2.74. The molecule has 2 rings (SSSR count). The molecule has 2 N–H and O–H groups in total. The summed E-state index contributed by atoms with van der Waals surface area (Å²) < 4.78 is 14.6. The molecular weight excluding hydrogens is 245 g/mol. The van der Waals surface area contributed by atoms with E-state index < -0.39 is 0 Å². The molecule has 0 radical (unpaired) electrons. The first-order valence-electron chi connectivity index (χ1n) is 4.80. The van der Waals surface area contributed by atoms with Crippen molar-refractivity contribution < 1.29 is 4.39 Å². The molecule has 0 bridgehead atoms. The van der Waals surface area contributed by atoms with Crippen molar-refractivity contribution in [3.63, 3.8) is 0 Å². The van der Waals surface area contributed by atoms with Crippen LogP contribution in [0, 0.1) is 18.7 Å². The second-order valence-corrected chi connectivity index (χ2v) is 4.90. The molecule has 3 heteroatoms. The van der Waals surface area contributed by atoms with Crippen molar-refractivity contribution in [3.05, 3.63) is 33.5 Å². The van der Waals surface area contributed by atoms with Gasteiger partial charge in [0, 0.05) is 16.1 Å². The van der Waals surface area contributed by atoms with Crippen LogP contribution in [0.25, 0.3) is 0 Å². The minimum Gasteiger partial charge on any atom is -0.324 e. The summed E-state index contributed by atoms with van der Waals surface area (Å²) in [5.74, 6) is 0.339. The lowest BCUT2D eigenvalue weighted by molar-refractivity contribution is 0.548. The first kappa shape index (κ1) is 10.1. The number of hydrogen-bond acceptors (Lipinski definition) is 1. The van der Waals surface area contributed by atoms with Crippen molar-refractivity contribution in [3.8, 4) is 0 Å². The lowest BCUT2D eigenvalue weighted by Gasteiger charge is -2.13. The molecule has 0 heterocycles. The molecule has 0 unspecified atom stereocenters.